The van der Waals surface area contributed by atoms with Gasteiger partial charge in [0.15, 0.2) is 0 Å². The van der Waals surface area contributed by atoms with Gasteiger partial charge in [-0.2, -0.15) is 5.26 Å². The maximum Gasteiger partial charge on any atom is 0.138 e. The summed E-state index contributed by atoms with van der Waals surface area (Å²) >= 11 is 0. The fraction of sp³-hybridized carbons (Fsp3) is 0.318. The molecule has 0 radical (unpaired) electrons. The number of pyridine rings is 2. The molecule has 1 aliphatic rings. The number of hydrogen-bond acceptors (Lipinski definition) is 5. The Kier molecular flexibility index (Phi) is 4.82. The van der Waals surface area contributed by atoms with Crippen LogP contribution in [0, 0.1) is 31.0 Å². The van der Waals surface area contributed by atoms with E-state index >= 15 is 0 Å². The third-order valence-corrected chi connectivity index (χ3v) is 5.16. The van der Waals surface area contributed by atoms with Crippen LogP contribution in [0.1, 0.15) is 29.7 Å². The van der Waals surface area contributed by atoms with Crippen LogP contribution >= 0.6 is 0 Å². The Labute approximate surface area is 163 Å². The van der Waals surface area contributed by atoms with Crippen LogP contribution in [0.25, 0.3) is 10.9 Å². The van der Waals surface area contributed by atoms with Crippen molar-refractivity contribution >= 4 is 16.6 Å². The minimum atomic E-state index is -0.312. The Morgan fingerprint density at radius 2 is 1.93 bits per heavy atom. The number of halogens is 1. The zero-order chi connectivity index (χ0) is 19.7. The molecule has 0 bridgehead atoms. The molecule has 142 valence electrons. The third-order valence-electron chi connectivity index (χ3n) is 5.16. The summed E-state index contributed by atoms with van der Waals surface area (Å²) in [6.45, 7) is 5.24. The molecule has 0 amide bonds. The Bertz CT molecular complexity index is 1050. The lowest BCUT2D eigenvalue weighted by Crippen LogP contribution is -2.38. The SMILES string of the molecule is Cc1ccc(OC2CCN(c3c(C#N)cnc4c(C)cc(F)cc34)CC2)cn1. The predicted octanol–water partition coefficient (Wildman–Crippen LogP) is 4.31. The molecular weight excluding hydrogens is 355 g/mol. The zero-order valence-electron chi connectivity index (χ0n) is 15.9. The van der Waals surface area contributed by atoms with Gasteiger partial charge in [0, 0.05) is 43.2 Å². The molecule has 1 fully saturated rings. The van der Waals surface area contributed by atoms with Crippen molar-refractivity contribution in [3.05, 3.63) is 59.3 Å². The number of nitrogens with zero attached hydrogens (tertiary/aromatic N) is 4. The summed E-state index contributed by atoms with van der Waals surface area (Å²) in [5.74, 6) is 0.460. The van der Waals surface area contributed by atoms with E-state index in [9.17, 15) is 9.65 Å². The molecular formula is C22H21FN4O. The second-order valence-corrected chi connectivity index (χ2v) is 7.19. The molecule has 5 nitrogen and oxygen atoms in total. The molecule has 0 saturated carbocycles. The molecule has 1 aromatic carbocycles. The highest BCUT2D eigenvalue weighted by Gasteiger charge is 2.25. The maximum atomic E-state index is 14.1. The van der Waals surface area contributed by atoms with Gasteiger partial charge in [-0.25, -0.2) is 4.39 Å². The molecule has 6 heteroatoms. The monoisotopic (exact) mass is 376 g/mol. The first-order valence-electron chi connectivity index (χ1n) is 9.38. The van der Waals surface area contributed by atoms with Gasteiger partial charge in [-0.15, -0.1) is 0 Å². The first-order valence-corrected chi connectivity index (χ1v) is 9.38. The summed E-state index contributed by atoms with van der Waals surface area (Å²) in [6, 6.07) is 9.03. The Balaban J connectivity index is 1.58. The van der Waals surface area contributed by atoms with E-state index in [0.717, 1.165) is 54.1 Å². The molecule has 0 spiro atoms. The predicted molar refractivity (Wildman–Crippen MR) is 106 cm³/mol. The average molecular weight is 376 g/mol. The number of nitriles is 1. The Morgan fingerprint density at radius 3 is 2.61 bits per heavy atom. The third kappa shape index (κ3) is 3.48. The van der Waals surface area contributed by atoms with Crippen molar-refractivity contribution in [1.29, 1.82) is 5.26 Å². The minimum Gasteiger partial charge on any atom is -0.489 e. The smallest absolute Gasteiger partial charge is 0.138 e. The molecule has 2 aromatic heterocycles. The van der Waals surface area contributed by atoms with Gasteiger partial charge in [-0.3, -0.25) is 9.97 Å². The van der Waals surface area contributed by atoms with Gasteiger partial charge >= 0.3 is 0 Å². The van der Waals surface area contributed by atoms with Crippen molar-refractivity contribution in [3.8, 4) is 11.8 Å². The number of aryl methyl sites for hydroxylation is 2. The topological polar surface area (TPSA) is 62.0 Å². The standard InChI is InChI=1S/C22H21FN4O/c1-14-9-17(23)10-20-21(14)26-12-16(11-24)22(20)27-7-5-18(6-8-27)28-19-4-3-15(2)25-13-19/h3-4,9-10,12-13,18H,5-8H2,1-2H3. The van der Waals surface area contributed by atoms with Crippen LogP contribution in [-0.2, 0) is 0 Å². The van der Waals surface area contributed by atoms with Gasteiger partial charge in [-0.1, -0.05) is 0 Å². The van der Waals surface area contributed by atoms with Crippen LogP contribution in [0.4, 0.5) is 10.1 Å². The quantitative estimate of drug-likeness (QED) is 0.682. The molecule has 3 aromatic rings. The number of piperidine rings is 1. The van der Waals surface area contributed by atoms with Gasteiger partial charge in [0.05, 0.1) is 23.0 Å². The number of ether oxygens (including phenoxy) is 1. The lowest BCUT2D eigenvalue weighted by Gasteiger charge is -2.34. The highest BCUT2D eigenvalue weighted by atomic mass is 19.1. The van der Waals surface area contributed by atoms with Gasteiger partial charge in [0.25, 0.3) is 0 Å². The van der Waals surface area contributed by atoms with E-state index in [2.05, 4.69) is 20.9 Å². The normalized spacial score (nSPS) is 14.9. The fourth-order valence-corrected chi connectivity index (χ4v) is 3.76. The molecule has 3 heterocycles. The van der Waals surface area contributed by atoms with Crippen molar-refractivity contribution in [3.63, 3.8) is 0 Å². The van der Waals surface area contributed by atoms with Crippen LogP contribution in [-0.4, -0.2) is 29.2 Å². The summed E-state index contributed by atoms with van der Waals surface area (Å²) in [7, 11) is 0. The number of fused-ring (bicyclic) bond motifs is 1. The second-order valence-electron chi connectivity index (χ2n) is 7.19. The van der Waals surface area contributed by atoms with Crippen LogP contribution in [0.2, 0.25) is 0 Å². The number of hydrogen-bond donors (Lipinski definition) is 0. The number of benzene rings is 1. The van der Waals surface area contributed by atoms with Crippen LogP contribution in [0.5, 0.6) is 5.75 Å². The fourth-order valence-electron chi connectivity index (χ4n) is 3.76. The first kappa shape index (κ1) is 18.2. The summed E-state index contributed by atoms with van der Waals surface area (Å²) < 4.78 is 20.1. The van der Waals surface area contributed by atoms with Crippen molar-refractivity contribution in [1.82, 2.24) is 9.97 Å². The van der Waals surface area contributed by atoms with E-state index in [1.165, 1.54) is 12.1 Å². The zero-order valence-corrected chi connectivity index (χ0v) is 15.9. The van der Waals surface area contributed by atoms with Crippen LogP contribution in [0.15, 0.2) is 36.7 Å². The van der Waals surface area contributed by atoms with E-state index in [0.29, 0.717) is 10.9 Å². The van der Waals surface area contributed by atoms with E-state index in [1.807, 2.05) is 26.0 Å². The molecule has 28 heavy (non-hydrogen) atoms. The summed E-state index contributed by atoms with van der Waals surface area (Å²) in [4.78, 5) is 10.8. The van der Waals surface area contributed by atoms with Crippen molar-refractivity contribution < 1.29 is 9.13 Å². The molecule has 1 saturated heterocycles. The van der Waals surface area contributed by atoms with Crippen LogP contribution in [0.3, 0.4) is 0 Å². The largest absolute Gasteiger partial charge is 0.489 e. The van der Waals surface area contributed by atoms with Gasteiger partial charge in [0.2, 0.25) is 0 Å². The number of rotatable bonds is 3. The van der Waals surface area contributed by atoms with E-state index in [4.69, 9.17) is 4.74 Å². The van der Waals surface area contributed by atoms with Gasteiger partial charge < -0.3 is 9.64 Å². The second kappa shape index (κ2) is 7.43. The molecule has 0 atom stereocenters. The van der Waals surface area contributed by atoms with Crippen molar-refractivity contribution in [2.45, 2.75) is 32.8 Å². The van der Waals surface area contributed by atoms with Crippen molar-refractivity contribution in [2.75, 3.05) is 18.0 Å². The van der Waals surface area contributed by atoms with E-state index in [-0.39, 0.29) is 11.9 Å². The molecule has 4 rings (SSSR count). The first-order chi connectivity index (χ1) is 13.5. The van der Waals surface area contributed by atoms with E-state index in [1.54, 1.807) is 12.4 Å². The summed E-state index contributed by atoms with van der Waals surface area (Å²) in [5, 5.41) is 10.3. The Morgan fingerprint density at radius 1 is 1.14 bits per heavy atom. The number of aromatic nitrogens is 2. The molecule has 0 aliphatic carbocycles. The van der Waals surface area contributed by atoms with Gasteiger partial charge in [0.1, 0.15) is 23.7 Å². The highest BCUT2D eigenvalue weighted by Crippen LogP contribution is 2.33. The maximum absolute atomic E-state index is 14.1. The van der Waals surface area contributed by atoms with Gasteiger partial charge in [-0.05, 0) is 43.7 Å². The summed E-state index contributed by atoms with van der Waals surface area (Å²) in [5.41, 5.74) is 3.70. The summed E-state index contributed by atoms with van der Waals surface area (Å²) in [6.07, 6.45) is 5.06. The number of anilines is 1. The minimum absolute atomic E-state index is 0.0952. The lowest BCUT2D eigenvalue weighted by molar-refractivity contribution is 0.170. The Hall–Kier alpha value is -3.20. The molecule has 0 N–H and O–H groups in total. The van der Waals surface area contributed by atoms with E-state index < -0.39 is 0 Å². The van der Waals surface area contributed by atoms with Crippen LogP contribution < -0.4 is 9.64 Å². The average Bonchev–Trinajstić information content (AvgIpc) is 2.69. The lowest BCUT2D eigenvalue weighted by atomic mass is 10.0. The molecule has 0 unspecified atom stereocenters. The molecule has 1 aliphatic heterocycles. The highest BCUT2D eigenvalue weighted by molar-refractivity contribution is 5.96. The van der Waals surface area contributed by atoms with Crippen molar-refractivity contribution in [2.24, 2.45) is 0 Å².